The molecule has 1 aromatic carbocycles. The van der Waals surface area contributed by atoms with Gasteiger partial charge in [0.2, 0.25) is 0 Å². The van der Waals surface area contributed by atoms with Crippen LogP contribution in [0.5, 0.6) is 5.75 Å². The lowest BCUT2D eigenvalue weighted by Crippen LogP contribution is -2.56. The highest BCUT2D eigenvalue weighted by Crippen LogP contribution is 2.25. The van der Waals surface area contributed by atoms with Crippen LogP contribution in [-0.2, 0) is 6.61 Å². The number of halogens is 2. The van der Waals surface area contributed by atoms with Crippen molar-refractivity contribution in [3.63, 3.8) is 0 Å². The Bertz CT molecular complexity index is 1250. The first kappa shape index (κ1) is 26.9. The van der Waals surface area contributed by atoms with Crippen LogP contribution in [-0.4, -0.2) is 49.5 Å². The number of carbonyl (C=O) groups excluding carboxylic acids is 1. The number of rotatable bonds is 8. The number of fused-ring (bicyclic) bond motifs is 1. The number of carboxylic acid groups (broad SMARTS) is 1. The van der Waals surface area contributed by atoms with Crippen molar-refractivity contribution in [3.05, 3.63) is 65.1 Å². The van der Waals surface area contributed by atoms with E-state index in [0.29, 0.717) is 11.3 Å². The molecule has 1 atom stereocenters. The molecule has 0 aliphatic heterocycles. The normalized spacial score (nSPS) is 12.6. The molecule has 0 fully saturated rings. The molecule has 0 spiro atoms. The van der Waals surface area contributed by atoms with E-state index in [1.165, 1.54) is 11.0 Å². The van der Waals surface area contributed by atoms with Crippen LogP contribution in [0.1, 0.15) is 56.4 Å². The molecule has 0 aliphatic rings. The van der Waals surface area contributed by atoms with Gasteiger partial charge in [-0.2, -0.15) is 0 Å². The third-order valence-electron chi connectivity index (χ3n) is 5.94. The summed E-state index contributed by atoms with van der Waals surface area (Å²) in [6, 6.07) is 6.37. The summed E-state index contributed by atoms with van der Waals surface area (Å²) in [4.78, 5) is 31.0. The fourth-order valence-corrected chi connectivity index (χ4v) is 4.19. The molecule has 0 bridgehead atoms. The van der Waals surface area contributed by atoms with E-state index in [1.54, 1.807) is 29.7 Å². The zero-order chi connectivity index (χ0) is 26.8. The summed E-state index contributed by atoms with van der Waals surface area (Å²) in [7, 11) is 0. The van der Waals surface area contributed by atoms with Gasteiger partial charge in [0.25, 0.3) is 5.91 Å². The van der Waals surface area contributed by atoms with Crippen LogP contribution in [0, 0.1) is 24.5 Å². The van der Waals surface area contributed by atoms with Crippen LogP contribution in [0.25, 0.3) is 5.65 Å². The predicted molar refractivity (Wildman–Crippen MR) is 131 cm³/mol. The molecule has 0 saturated carbocycles. The van der Waals surface area contributed by atoms with Gasteiger partial charge in [0, 0.05) is 18.3 Å². The quantitative estimate of drug-likeness (QED) is 0.450. The molecule has 3 rings (SSSR count). The summed E-state index contributed by atoms with van der Waals surface area (Å²) in [6.07, 6.45) is 0.578. The number of aryl methyl sites for hydroxylation is 1. The van der Waals surface area contributed by atoms with Crippen molar-refractivity contribution < 1.29 is 28.2 Å². The summed E-state index contributed by atoms with van der Waals surface area (Å²) < 4.78 is 35.2. The van der Waals surface area contributed by atoms with E-state index in [9.17, 15) is 23.5 Å². The lowest BCUT2D eigenvalue weighted by atomic mass is 9.96. The van der Waals surface area contributed by atoms with Gasteiger partial charge in [-0.15, -0.1) is 0 Å². The Morgan fingerprint density at radius 2 is 1.81 bits per heavy atom. The van der Waals surface area contributed by atoms with Gasteiger partial charge in [0.15, 0.2) is 11.4 Å². The second kappa shape index (κ2) is 10.5. The Labute approximate surface area is 208 Å². The van der Waals surface area contributed by atoms with Gasteiger partial charge in [0.05, 0.1) is 17.3 Å². The van der Waals surface area contributed by atoms with Crippen molar-refractivity contribution in [2.24, 2.45) is 5.92 Å². The summed E-state index contributed by atoms with van der Waals surface area (Å²) in [6.45, 7) is 10.7. The Morgan fingerprint density at radius 1 is 1.17 bits per heavy atom. The average molecular weight is 503 g/mol. The van der Waals surface area contributed by atoms with Gasteiger partial charge in [-0.25, -0.2) is 18.6 Å². The standard InChI is InChI=1S/C26H32F2N4O4/c1-15(2)20(32(25(34)35)26(4,5)6)13-29-24(33)22-16(3)30-23-21(11-8-12-31(22)23)36-14-17-18(27)9-7-10-19(17)28/h7-12,15,20H,13-14H2,1-6H3,(H,29,33)(H,34,35). The minimum absolute atomic E-state index is 0.0531. The number of amides is 2. The van der Waals surface area contributed by atoms with E-state index in [-0.39, 0.29) is 36.1 Å². The Balaban J connectivity index is 1.85. The third kappa shape index (κ3) is 5.58. The molecule has 1 unspecified atom stereocenters. The number of nitrogens with one attached hydrogen (secondary N) is 1. The van der Waals surface area contributed by atoms with Gasteiger partial charge in [-0.3, -0.25) is 14.1 Å². The van der Waals surface area contributed by atoms with Crippen LogP contribution >= 0.6 is 0 Å². The van der Waals surface area contributed by atoms with Gasteiger partial charge >= 0.3 is 6.09 Å². The number of hydrogen-bond acceptors (Lipinski definition) is 4. The fourth-order valence-electron chi connectivity index (χ4n) is 4.19. The summed E-state index contributed by atoms with van der Waals surface area (Å²) >= 11 is 0. The number of carbonyl (C=O) groups is 2. The predicted octanol–water partition coefficient (Wildman–Crippen LogP) is 5.03. The first-order chi connectivity index (χ1) is 16.8. The molecule has 2 aromatic heterocycles. The maximum Gasteiger partial charge on any atom is 0.408 e. The van der Waals surface area contributed by atoms with Crippen molar-refractivity contribution >= 4 is 17.6 Å². The molecule has 8 nitrogen and oxygen atoms in total. The van der Waals surface area contributed by atoms with E-state index in [0.717, 1.165) is 12.1 Å². The van der Waals surface area contributed by atoms with Crippen molar-refractivity contribution in [3.8, 4) is 5.75 Å². The lowest BCUT2D eigenvalue weighted by molar-refractivity contribution is 0.0521. The van der Waals surface area contributed by atoms with Crippen LogP contribution in [0.4, 0.5) is 13.6 Å². The Hall–Kier alpha value is -3.69. The molecule has 0 aliphatic carbocycles. The molecular weight excluding hydrogens is 470 g/mol. The van der Waals surface area contributed by atoms with E-state index in [4.69, 9.17) is 4.74 Å². The van der Waals surface area contributed by atoms with Gasteiger partial charge in [0.1, 0.15) is 23.9 Å². The number of pyridine rings is 1. The van der Waals surface area contributed by atoms with Crippen LogP contribution < -0.4 is 10.1 Å². The first-order valence-corrected chi connectivity index (χ1v) is 11.7. The molecule has 2 N–H and O–H groups in total. The largest absolute Gasteiger partial charge is 0.485 e. The van der Waals surface area contributed by atoms with Gasteiger partial charge in [-0.05, 0) is 57.9 Å². The fraction of sp³-hybridized carbons (Fsp3) is 0.423. The van der Waals surface area contributed by atoms with Crippen LogP contribution in [0.3, 0.4) is 0 Å². The van der Waals surface area contributed by atoms with Gasteiger partial charge < -0.3 is 15.2 Å². The SMILES string of the molecule is Cc1nc2c(OCc3c(F)cccc3F)cccn2c1C(=O)NCC(C(C)C)N(C(=O)O)C(C)(C)C. The second-order valence-electron chi connectivity index (χ2n) is 9.95. The zero-order valence-electron chi connectivity index (χ0n) is 21.3. The molecule has 36 heavy (non-hydrogen) atoms. The number of ether oxygens (including phenoxy) is 1. The van der Waals surface area contributed by atoms with E-state index < -0.39 is 35.2 Å². The topological polar surface area (TPSA) is 96.2 Å². The molecule has 2 amide bonds. The molecule has 194 valence electrons. The van der Waals surface area contributed by atoms with E-state index >= 15 is 0 Å². The minimum atomic E-state index is -1.06. The highest BCUT2D eigenvalue weighted by Gasteiger charge is 2.35. The molecular formula is C26H32F2N4O4. The zero-order valence-corrected chi connectivity index (χ0v) is 21.3. The van der Waals surface area contributed by atoms with Crippen molar-refractivity contribution in [2.75, 3.05) is 6.54 Å². The number of nitrogens with zero attached hydrogens (tertiary/aromatic N) is 3. The molecule has 10 heteroatoms. The van der Waals surface area contributed by atoms with Crippen molar-refractivity contribution in [1.82, 2.24) is 19.6 Å². The molecule has 0 saturated heterocycles. The molecule has 3 aromatic rings. The van der Waals surface area contributed by atoms with Crippen molar-refractivity contribution in [1.29, 1.82) is 0 Å². The third-order valence-corrected chi connectivity index (χ3v) is 5.94. The molecule has 2 heterocycles. The Kier molecular flexibility index (Phi) is 7.86. The highest BCUT2D eigenvalue weighted by atomic mass is 19.1. The molecule has 0 radical (unpaired) electrons. The number of aromatic nitrogens is 2. The van der Waals surface area contributed by atoms with Gasteiger partial charge in [-0.1, -0.05) is 19.9 Å². The number of benzene rings is 1. The van der Waals surface area contributed by atoms with Crippen LogP contribution in [0.2, 0.25) is 0 Å². The van der Waals surface area contributed by atoms with Crippen LogP contribution in [0.15, 0.2) is 36.5 Å². The minimum Gasteiger partial charge on any atom is -0.485 e. The summed E-state index contributed by atoms with van der Waals surface area (Å²) in [5.41, 5.74) is 0.135. The number of imidazole rings is 1. The maximum absolute atomic E-state index is 14.0. The van der Waals surface area contributed by atoms with E-state index in [1.807, 2.05) is 34.6 Å². The monoisotopic (exact) mass is 502 g/mol. The maximum atomic E-state index is 14.0. The summed E-state index contributed by atoms with van der Waals surface area (Å²) in [5.74, 6) is -1.66. The highest BCUT2D eigenvalue weighted by molar-refractivity contribution is 5.95. The summed E-state index contributed by atoms with van der Waals surface area (Å²) in [5, 5.41) is 12.7. The smallest absolute Gasteiger partial charge is 0.408 e. The Morgan fingerprint density at radius 3 is 2.36 bits per heavy atom. The first-order valence-electron chi connectivity index (χ1n) is 11.7. The van der Waals surface area contributed by atoms with E-state index in [2.05, 4.69) is 10.3 Å². The second-order valence-corrected chi connectivity index (χ2v) is 9.95. The lowest BCUT2D eigenvalue weighted by Gasteiger charge is -2.41. The number of hydrogen-bond donors (Lipinski definition) is 2. The average Bonchev–Trinajstić information content (AvgIpc) is 3.11. The van der Waals surface area contributed by atoms with Crippen molar-refractivity contribution in [2.45, 2.75) is 59.7 Å².